The van der Waals surface area contributed by atoms with Gasteiger partial charge in [-0.1, -0.05) is 11.6 Å². The van der Waals surface area contributed by atoms with Crippen LogP contribution in [-0.4, -0.2) is 35.8 Å². The molecule has 6 heteroatoms. The maximum Gasteiger partial charge on any atom is 0.249 e. The first kappa shape index (κ1) is 13.9. The lowest BCUT2D eigenvalue weighted by Crippen LogP contribution is -2.43. The van der Waals surface area contributed by atoms with Gasteiger partial charge in [0.25, 0.3) is 0 Å². The minimum Gasteiger partial charge on any atom is -0.331 e. The van der Waals surface area contributed by atoms with Gasteiger partial charge in [-0.3, -0.25) is 9.59 Å². The number of fused-ring (bicyclic) bond motifs is 1. The Balaban J connectivity index is 1.94. The molecule has 0 aromatic heterocycles. The molecular formula is C14H14BrClN2O2. The number of rotatable bonds is 1. The topological polar surface area (TPSA) is 40.6 Å². The standard InChI is InChI=1S/C14H14BrClN2O2/c15-10-8-9(3-4-11(10)16)17-7-5-13(19)18-6-1-2-12(18)14(17)20/h3-4,8,12H,1-2,5-7H2. The van der Waals surface area contributed by atoms with E-state index in [4.69, 9.17) is 11.6 Å². The molecule has 1 aromatic carbocycles. The van der Waals surface area contributed by atoms with Gasteiger partial charge in [0.05, 0.1) is 5.02 Å². The summed E-state index contributed by atoms with van der Waals surface area (Å²) in [6.45, 7) is 1.13. The molecule has 0 aliphatic carbocycles. The predicted molar refractivity (Wildman–Crippen MR) is 80.9 cm³/mol. The van der Waals surface area contributed by atoms with Crippen LogP contribution in [0.15, 0.2) is 22.7 Å². The van der Waals surface area contributed by atoms with Gasteiger partial charge in [-0.05, 0) is 47.0 Å². The highest BCUT2D eigenvalue weighted by molar-refractivity contribution is 9.10. The van der Waals surface area contributed by atoms with Crippen LogP contribution < -0.4 is 4.90 Å². The molecule has 1 aromatic rings. The third kappa shape index (κ3) is 2.33. The summed E-state index contributed by atoms with van der Waals surface area (Å²) in [5, 5.41) is 0.606. The second-order valence-corrected chi connectivity index (χ2v) is 6.34. The van der Waals surface area contributed by atoms with E-state index in [1.54, 1.807) is 15.9 Å². The Morgan fingerprint density at radius 1 is 1.25 bits per heavy atom. The molecule has 4 nitrogen and oxygen atoms in total. The Hall–Kier alpha value is -1.07. The molecule has 1 atom stereocenters. The highest BCUT2D eigenvalue weighted by Crippen LogP contribution is 2.31. The average molecular weight is 358 g/mol. The molecule has 0 N–H and O–H groups in total. The van der Waals surface area contributed by atoms with Crippen LogP contribution in [0.3, 0.4) is 0 Å². The minimum absolute atomic E-state index is 0.0163. The molecule has 2 aliphatic heterocycles. The van der Waals surface area contributed by atoms with Crippen LogP contribution in [0.2, 0.25) is 5.02 Å². The van der Waals surface area contributed by atoms with Crippen molar-refractivity contribution < 1.29 is 9.59 Å². The highest BCUT2D eigenvalue weighted by atomic mass is 79.9. The largest absolute Gasteiger partial charge is 0.331 e. The predicted octanol–water partition coefficient (Wildman–Crippen LogP) is 2.83. The van der Waals surface area contributed by atoms with E-state index < -0.39 is 0 Å². The fourth-order valence-electron chi connectivity index (χ4n) is 2.87. The molecule has 2 saturated heterocycles. The summed E-state index contributed by atoms with van der Waals surface area (Å²) in [5.41, 5.74) is 0.785. The molecule has 2 fully saturated rings. The summed E-state index contributed by atoms with van der Waals surface area (Å²) in [6.07, 6.45) is 2.04. The minimum atomic E-state index is -0.292. The number of carbonyl (C=O) groups excluding carboxylic acids is 2. The second kappa shape index (κ2) is 5.37. The normalized spacial score (nSPS) is 23.0. The first-order chi connectivity index (χ1) is 9.58. The van der Waals surface area contributed by atoms with Gasteiger partial charge in [-0.25, -0.2) is 0 Å². The van der Waals surface area contributed by atoms with Crippen molar-refractivity contribution in [1.29, 1.82) is 0 Å². The second-order valence-electron chi connectivity index (χ2n) is 5.08. The highest BCUT2D eigenvalue weighted by Gasteiger charge is 2.39. The zero-order chi connectivity index (χ0) is 14.3. The molecule has 0 bridgehead atoms. The van der Waals surface area contributed by atoms with Crippen molar-refractivity contribution in [2.45, 2.75) is 25.3 Å². The van der Waals surface area contributed by atoms with Crippen molar-refractivity contribution in [2.24, 2.45) is 0 Å². The van der Waals surface area contributed by atoms with Gasteiger partial charge < -0.3 is 9.80 Å². The lowest BCUT2D eigenvalue weighted by Gasteiger charge is -2.25. The van der Waals surface area contributed by atoms with E-state index in [9.17, 15) is 9.59 Å². The zero-order valence-corrected chi connectivity index (χ0v) is 13.2. The summed E-state index contributed by atoms with van der Waals surface area (Å²) >= 11 is 9.36. The van der Waals surface area contributed by atoms with Crippen molar-refractivity contribution in [3.05, 3.63) is 27.7 Å². The summed E-state index contributed by atoms with van der Waals surface area (Å²) in [5.74, 6) is 0.0963. The van der Waals surface area contributed by atoms with Crippen molar-refractivity contribution in [3.63, 3.8) is 0 Å². The monoisotopic (exact) mass is 356 g/mol. The van der Waals surface area contributed by atoms with Gasteiger partial charge in [-0.15, -0.1) is 0 Å². The number of hydrogen-bond acceptors (Lipinski definition) is 2. The molecule has 20 heavy (non-hydrogen) atoms. The molecule has 2 aliphatic rings. The number of halogens is 2. The van der Waals surface area contributed by atoms with Gasteiger partial charge in [-0.2, -0.15) is 0 Å². The Morgan fingerprint density at radius 3 is 2.80 bits per heavy atom. The van der Waals surface area contributed by atoms with Crippen LogP contribution in [0, 0.1) is 0 Å². The molecular weight excluding hydrogens is 344 g/mol. The summed E-state index contributed by atoms with van der Waals surface area (Å²) in [7, 11) is 0. The number of amides is 2. The fourth-order valence-corrected chi connectivity index (χ4v) is 3.36. The number of benzene rings is 1. The van der Waals surface area contributed by atoms with E-state index in [0.29, 0.717) is 24.5 Å². The van der Waals surface area contributed by atoms with E-state index in [2.05, 4.69) is 15.9 Å². The van der Waals surface area contributed by atoms with E-state index in [0.717, 1.165) is 23.0 Å². The quantitative estimate of drug-likeness (QED) is 0.775. The van der Waals surface area contributed by atoms with Gasteiger partial charge in [0.1, 0.15) is 6.04 Å². The molecule has 3 rings (SSSR count). The maximum atomic E-state index is 12.7. The van der Waals surface area contributed by atoms with E-state index in [-0.39, 0.29) is 17.9 Å². The van der Waals surface area contributed by atoms with E-state index >= 15 is 0 Å². The van der Waals surface area contributed by atoms with Crippen LogP contribution in [0.4, 0.5) is 5.69 Å². The lowest BCUT2D eigenvalue weighted by molar-refractivity contribution is -0.135. The number of hydrogen-bond donors (Lipinski definition) is 0. The molecule has 0 spiro atoms. The SMILES string of the molecule is O=C1C2CCCN2C(=O)CCN1c1ccc(Cl)c(Br)c1. The Labute approximate surface area is 130 Å². The molecule has 1 unspecified atom stereocenters. The molecule has 2 amide bonds. The summed E-state index contributed by atoms with van der Waals surface area (Å²) in [6, 6.07) is 5.11. The van der Waals surface area contributed by atoms with Gasteiger partial charge in [0, 0.05) is 29.7 Å². The number of nitrogens with zero attached hydrogens (tertiary/aromatic N) is 2. The van der Waals surface area contributed by atoms with E-state index in [1.807, 2.05) is 12.1 Å². The van der Waals surface area contributed by atoms with Gasteiger partial charge >= 0.3 is 0 Å². The van der Waals surface area contributed by atoms with Gasteiger partial charge in [0.2, 0.25) is 11.8 Å². The lowest BCUT2D eigenvalue weighted by atomic mass is 10.2. The smallest absolute Gasteiger partial charge is 0.249 e. The van der Waals surface area contributed by atoms with Crippen LogP contribution in [0.1, 0.15) is 19.3 Å². The Kier molecular flexibility index (Phi) is 3.73. The first-order valence-electron chi connectivity index (χ1n) is 6.64. The van der Waals surface area contributed by atoms with Crippen LogP contribution >= 0.6 is 27.5 Å². The van der Waals surface area contributed by atoms with Crippen LogP contribution in [0.25, 0.3) is 0 Å². The van der Waals surface area contributed by atoms with Crippen molar-refractivity contribution in [3.8, 4) is 0 Å². The third-order valence-corrected chi connectivity index (χ3v) is 5.10. The number of carbonyl (C=O) groups is 2. The fraction of sp³-hybridized carbons (Fsp3) is 0.429. The summed E-state index contributed by atoms with van der Waals surface area (Å²) < 4.78 is 0.753. The van der Waals surface area contributed by atoms with Crippen molar-refractivity contribution >= 4 is 45.0 Å². The van der Waals surface area contributed by atoms with Crippen molar-refractivity contribution in [1.82, 2.24) is 4.90 Å². The van der Waals surface area contributed by atoms with Crippen LogP contribution in [0.5, 0.6) is 0 Å². The molecule has 106 valence electrons. The zero-order valence-electron chi connectivity index (χ0n) is 10.8. The Morgan fingerprint density at radius 2 is 2.05 bits per heavy atom. The van der Waals surface area contributed by atoms with Crippen LogP contribution in [-0.2, 0) is 9.59 Å². The summed E-state index contributed by atoms with van der Waals surface area (Å²) in [4.78, 5) is 28.1. The van der Waals surface area contributed by atoms with Gasteiger partial charge in [0.15, 0.2) is 0 Å². The first-order valence-corrected chi connectivity index (χ1v) is 7.81. The van der Waals surface area contributed by atoms with E-state index in [1.165, 1.54) is 0 Å². The van der Waals surface area contributed by atoms with Crippen molar-refractivity contribution in [2.75, 3.05) is 18.0 Å². The maximum absolute atomic E-state index is 12.7. The molecule has 0 radical (unpaired) electrons. The average Bonchev–Trinajstić information content (AvgIpc) is 2.87. The Bertz CT molecular complexity index is 578. The molecule has 0 saturated carbocycles. The number of anilines is 1. The molecule has 2 heterocycles. The third-order valence-electron chi connectivity index (χ3n) is 3.89.